The molecule has 0 bridgehead atoms. The normalized spacial score (nSPS) is 19.0. The van der Waals surface area contributed by atoms with Gasteiger partial charge < -0.3 is 4.90 Å². The number of nitrogens with zero attached hydrogens (tertiary/aromatic N) is 6. The van der Waals surface area contributed by atoms with Gasteiger partial charge >= 0.3 is 6.18 Å². The lowest BCUT2D eigenvalue weighted by molar-refractivity contribution is -0.147. The summed E-state index contributed by atoms with van der Waals surface area (Å²) >= 11 is 0. The van der Waals surface area contributed by atoms with Gasteiger partial charge in [-0.05, 0) is 23.6 Å². The van der Waals surface area contributed by atoms with Gasteiger partial charge in [-0.1, -0.05) is 18.2 Å². The quantitative estimate of drug-likeness (QED) is 0.756. The van der Waals surface area contributed by atoms with E-state index < -0.39 is 12.0 Å². The van der Waals surface area contributed by atoms with Crippen molar-refractivity contribution < 1.29 is 13.2 Å². The highest BCUT2D eigenvalue weighted by molar-refractivity contribution is 5.86. The third-order valence-corrected chi connectivity index (χ3v) is 5.35. The minimum Gasteiger partial charge on any atom is -0.355 e. The standard InChI is InChI=1S/C19H17F3N6/c20-19(21,22)18-25-24-16-5-6-17(26-28(16)18)27-10-7-12(8-11-27)13-3-4-15-14(13)2-1-9-23-15/h1-3,7,9H,4-6,8,10-11H2. The second kappa shape index (κ2) is 6.29. The van der Waals surface area contributed by atoms with E-state index in [1.807, 2.05) is 17.2 Å². The Hall–Kier alpha value is -2.97. The Morgan fingerprint density at radius 1 is 1.04 bits per heavy atom. The Kier molecular flexibility index (Phi) is 3.85. The van der Waals surface area contributed by atoms with E-state index in [1.165, 1.54) is 16.7 Å². The number of aromatic nitrogens is 4. The van der Waals surface area contributed by atoms with Crippen LogP contribution in [0.4, 0.5) is 13.2 Å². The predicted octanol–water partition coefficient (Wildman–Crippen LogP) is 3.07. The van der Waals surface area contributed by atoms with Crippen molar-refractivity contribution in [1.82, 2.24) is 24.8 Å². The molecule has 2 aliphatic heterocycles. The molecule has 2 aromatic rings. The molecule has 0 unspecified atom stereocenters. The smallest absolute Gasteiger partial charge is 0.355 e. The van der Waals surface area contributed by atoms with Crippen molar-refractivity contribution in [3.05, 3.63) is 59.0 Å². The minimum atomic E-state index is -4.57. The van der Waals surface area contributed by atoms with Gasteiger partial charge in [0.15, 0.2) is 5.82 Å². The zero-order valence-electron chi connectivity index (χ0n) is 14.9. The molecule has 5 rings (SSSR count). The van der Waals surface area contributed by atoms with Crippen molar-refractivity contribution in [1.29, 1.82) is 0 Å². The Balaban J connectivity index is 1.37. The van der Waals surface area contributed by atoms with Gasteiger partial charge in [-0.15, -0.1) is 10.2 Å². The lowest BCUT2D eigenvalue weighted by Gasteiger charge is -2.31. The largest absolute Gasteiger partial charge is 0.453 e. The molecule has 9 heteroatoms. The van der Waals surface area contributed by atoms with E-state index in [2.05, 4.69) is 38.5 Å². The van der Waals surface area contributed by atoms with E-state index in [0.29, 0.717) is 25.2 Å². The first-order valence-corrected chi connectivity index (χ1v) is 9.19. The molecule has 1 aliphatic carbocycles. The van der Waals surface area contributed by atoms with E-state index in [4.69, 9.17) is 0 Å². The average Bonchev–Trinajstić information content (AvgIpc) is 3.31. The Labute approximate surface area is 159 Å². The van der Waals surface area contributed by atoms with Gasteiger partial charge in [-0.3, -0.25) is 4.98 Å². The van der Waals surface area contributed by atoms with Crippen LogP contribution in [0.3, 0.4) is 0 Å². The van der Waals surface area contributed by atoms with Crippen LogP contribution >= 0.6 is 0 Å². The summed E-state index contributed by atoms with van der Waals surface area (Å²) in [6, 6.07) is 4.03. The maximum absolute atomic E-state index is 13.1. The molecule has 0 aromatic carbocycles. The lowest BCUT2D eigenvalue weighted by atomic mass is 9.95. The zero-order chi connectivity index (χ0) is 19.3. The van der Waals surface area contributed by atoms with Crippen LogP contribution < -0.4 is 0 Å². The van der Waals surface area contributed by atoms with Crippen LogP contribution in [0.5, 0.6) is 0 Å². The van der Waals surface area contributed by atoms with Gasteiger partial charge in [-0.25, -0.2) is 0 Å². The fourth-order valence-corrected chi connectivity index (χ4v) is 3.97. The Bertz CT molecular complexity index is 1030. The molecule has 144 valence electrons. The average molecular weight is 386 g/mol. The van der Waals surface area contributed by atoms with Crippen LogP contribution in [0.1, 0.15) is 35.7 Å². The number of rotatable bonds is 1. The van der Waals surface area contributed by atoms with Crippen LogP contribution in [0.2, 0.25) is 0 Å². The maximum Gasteiger partial charge on any atom is 0.453 e. The van der Waals surface area contributed by atoms with Gasteiger partial charge in [-0.2, -0.15) is 22.9 Å². The summed E-state index contributed by atoms with van der Waals surface area (Å²) < 4.78 is 40.1. The topological polar surface area (TPSA) is 59.2 Å². The molecule has 0 spiro atoms. The SMILES string of the molecule is FC(F)(F)c1nnc2n1N=C(N1CC=C(C3=CCc4ncccc43)CC1)CC2. The number of fused-ring (bicyclic) bond motifs is 2. The van der Waals surface area contributed by atoms with Gasteiger partial charge in [0, 0.05) is 44.1 Å². The van der Waals surface area contributed by atoms with Crippen LogP contribution in [0.15, 0.2) is 41.2 Å². The second-order valence-electron chi connectivity index (χ2n) is 7.01. The molecular weight excluding hydrogens is 369 g/mol. The number of alkyl halides is 3. The first kappa shape index (κ1) is 17.2. The van der Waals surface area contributed by atoms with Crippen LogP contribution in [-0.4, -0.2) is 43.7 Å². The van der Waals surface area contributed by atoms with Gasteiger partial charge in [0.2, 0.25) is 0 Å². The summed E-state index contributed by atoms with van der Waals surface area (Å²) in [5.74, 6) is -0.159. The monoisotopic (exact) mass is 386 g/mol. The van der Waals surface area contributed by atoms with Gasteiger partial charge in [0.05, 0.1) is 5.69 Å². The van der Waals surface area contributed by atoms with E-state index in [0.717, 1.165) is 29.8 Å². The first-order chi connectivity index (χ1) is 13.5. The van der Waals surface area contributed by atoms with Gasteiger partial charge in [0.1, 0.15) is 5.84 Å². The highest BCUT2D eigenvalue weighted by Crippen LogP contribution is 2.35. The molecule has 0 atom stereocenters. The summed E-state index contributed by atoms with van der Waals surface area (Å²) in [5.41, 5.74) is 4.77. The number of amidine groups is 1. The minimum absolute atomic E-state index is 0.254. The fraction of sp³-hybridized carbons (Fsp3) is 0.368. The van der Waals surface area contributed by atoms with E-state index >= 15 is 0 Å². The van der Waals surface area contributed by atoms with Crippen LogP contribution in [0, 0.1) is 0 Å². The number of pyridine rings is 1. The second-order valence-corrected chi connectivity index (χ2v) is 7.01. The van der Waals surface area contributed by atoms with Crippen molar-refractivity contribution in [3.8, 4) is 0 Å². The third-order valence-electron chi connectivity index (χ3n) is 5.35. The van der Waals surface area contributed by atoms with Crippen molar-refractivity contribution in [3.63, 3.8) is 0 Å². The highest BCUT2D eigenvalue weighted by Gasteiger charge is 2.40. The molecule has 4 heterocycles. The molecule has 6 nitrogen and oxygen atoms in total. The summed E-state index contributed by atoms with van der Waals surface area (Å²) in [7, 11) is 0. The zero-order valence-corrected chi connectivity index (χ0v) is 14.9. The molecule has 28 heavy (non-hydrogen) atoms. The van der Waals surface area contributed by atoms with Crippen LogP contribution in [0.25, 0.3) is 5.57 Å². The molecular formula is C19H17F3N6. The predicted molar refractivity (Wildman–Crippen MR) is 96.4 cm³/mol. The lowest BCUT2D eigenvalue weighted by Crippen LogP contribution is -2.37. The molecule has 0 saturated heterocycles. The third kappa shape index (κ3) is 2.81. The number of allylic oxidation sites excluding steroid dienone is 2. The fourth-order valence-electron chi connectivity index (χ4n) is 3.97. The van der Waals surface area contributed by atoms with Crippen molar-refractivity contribution >= 4 is 11.4 Å². The van der Waals surface area contributed by atoms with E-state index in [1.54, 1.807) is 0 Å². The number of hydrogen-bond acceptors (Lipinski definition) is 5. The summed E-state index contributed by atoms with van der Waals surface area (Å²) in [6.07, 6.45) is 4.22. The summed E-state index contributed by atoms with van der Waals surface area (Å²) in [5, 5.41) is 11.1. The molecule has 0 radical (unpaired) electrons. The first-order valence-electron chi connectivity index (χ1n) is 9.19. The summed E-state index contributed by atoms with van der Waals surface area (Å²) in [6.45, 7) is 1.34. The molecule has 0 N–H and O–H groups in total. The Morgan fingerprint density at radius 2 is 1.93 bits per heavy atom. The van der Waals surface area contributed by atoms with Crippen molar-refractivity contribution in [2.75, 3.05) is 13.1 Å². The summed E-state index contributed by atoms with van der Waals surface area (Å²) in [4.78, 5) is 6.46. The van der Waals surface area contributed by atoms with Gasteiger partial charge in [0.25, 0.3) is 5.82 Å². The maximum atomic E-state index is 13.1. The van der Waals surface area contributed by atoms with Crippen LogP contribution in [-0.2, 0) is 19.0 Å². The molecule has 3 aliphatic rings. The number of hydrogen-bond donors (Lipinski definition) is 0. The highest BCUT2D eigenvalue weighted by atomic mass is 19.4. The molecule has 0 amide bonds. The number of halogens is 3. The van der Waals surface area contributed by atoms with E-state index in [9.17, 15) is 13.2 Å². The Morgan fingerprint density at radius 3 is 2.71 bits per heavy atom. The van der Waals surface area contributed by atoms with Crippen molar-refractivity contribution in [2.24, 2.45) is 5.10 Å². The number of aryl methyl sites for hydroxylation is 1. The molecule has 2 aromatic heterocycles. The molecule has 0 fully saturated rings. The van der Waals surface area contributed by atoms with E-state index in [-0.39, 0.29) is 5.82 Å². The van der Waals surface area contributed by atoms with Crippen molar-refractivity contribution in [2.45, 2.75) is 31.9 Å². The molecule has 0 saturated carbocycles.